The van der Waals surface area contributed by atoms with Crippen molar-refractivity contribution in [3.05, 3.63) is 17.5 Å². The van der Waals surface area contributed by atoms with Crippen LogP contribution >= 0.6 is 0 Å². The molecule has 0 aromatic carbocycles. The fourth-order valence-corrected chi connectivity index (χ4v) is 3.22. The minimum absolute atomic E-state index is 0.0143. The van der Waals surface area contributed by atoms with Gasteiger partial charge in [0.15, 0.2) is 0 Å². The SMILES string of the molecule is CC(C)c1cc(C(=O)NC2CCN(C(=O)CC(O)CC(C)(C)C)C2)n[nH]1. The average Bonchev–Trinajstić information content (AvgIpc) is 3.14. The van der Waals surface area contributed by atoms with E-state index in [2.05, 4.69) is 15.5 Å². The quantitative estimate of drug-likeness (QED) is 0.719. The van der Waals surface area contributed by atoms with Crippen molar-refractivity contribution in [1.82, 2.24) is 20.4 Å². The van der Waals surface area contributed by atoms with E-state index in [1.54, 1.807) is 11.0 Å². The summed E-state index contributed by atoms with van der Waals surface area (Å²) in [6.45, 7) is 11.3. The Kier molecular flexibility index (Phi) is 6.44. The highest BCUT2D eigenvalue weighted by molar-refractivity contribution is 5.92. The van der Waals surface area contributed by atoms with E-state index in [-0.39, 0.29) is 35.6 Å². The van der Waals surface area contributed by atoms with Crippen LogP contribution in [0.3, 0.4) is 0 Å². The first-order valence-corrected chi connectivity index (χ1v) is 9.37. The Morgan fingerprint density at radius 2 is 2.12 bits per heavy atom. The first-order valence-electron chi connectivity index (χ1n) is 9.37. The number of amides is 2. The van der Waals surface area contributed by atoms with Crippen LogP contribution in [0.25, 0.3) is 0 Å². The number of likely N-dealkylation sites (tertiary alicyclic amines) is 1. The van der Waals surface area contributed by atoms with E-state index < -0.39 is 6.10 Å². The number of nitrogens with one attached hydrogen (secondary N) is 2. The predicted molar refractivity (Wildman–Crippen MR) is 99.8 cm³/mol. The number of nitrogens with zero attached hydrogens (tertiary/aromatic N) is 2. The average molecular weight is 364 g/mol. The van der Waals surface area contributed by atoms with Crippen molar-refractivity contribution in [1.29, 1.82) is 0 Å². The second-order valence-corrected chi connectivity index (χ2v) is 8.78. The first kappa shape index (κ1) is 20.4. The first-order chi connectivity index (χ1) is 12.0. The van der Waals surface area contributed by atoms with E-state index in [0.29, 0.717) is 31.6 Å². The molecule has 1 aliphatic rings. The minimum Gasteiger partial charge on any atom is -0.393 e. The Balaban J connectivity index is 1.82. The highest BCUT2D eigenvalue weighted by Crippen LogP contribution is 2.23. The highest BCUT2D eigenvalue weighted by Gasteiger charge is 2.29. The Hall–Kier alpha value is -1.89. The van der Waals surface area contributed by atoms with Gasteiger partial charge in [-0.3, -0.25) is 14.7 Å². The predicted octanol–water partition coefficient (Wildman–Crippen LogP) is 2.05. The van der Waals surface area contributed by atoms with Crippen molar-refractivity contribution in [2.45, 2.75) is 71.9 Å². The van der Waals surface area contributed by atoms with E-state index in [9.17, 15) is 14.7 Å². The molecule has 2 rings (SSSR count). The number of carbonyl (C=O) groups excluding carboxylic acids is 2. The Morgan fingerprint density at radius 1 is 1.42 bits per heavy atom. The van der Waals surface area contributed by atoms with E-state index in [1.165, 1.54) is 0 Å². The second kappa shape index (κ2) is 8.20. The smallest absolute Gasteiger partial charge is 0.272 e. The number of hydrogen-bond donors (Lipinski definition) is 3. The van der Waals surface area contributed by atoms with Gasteiger partial charge in [0.25, 0.3) is 5.91 Å². The van der Waals surface area contributed by atoms with Gasteiger partial charge in [-0.2, -0.15) is 5.10 Å². The largest absolute Gasteiger partial charge is 0.393 e. The molecule has 1 saturated heterocycles. The van der Waals surface area contributed by atoms with E-state index in [1.807, 2.05) is 34.6 Å². The van der Waals surface area contributed by atoms with Crippen molar-refractivity contribution in [3.8, 4) is 0 Å². The zero-order valence-corrected chi connectivity index (χ0v) is 16.5. The summed E-state index contributed by atoms with van der Waals surface area (Å²) in [5.41, 5.74) is 1.28. The van der Waals surface area contributed by atoms with Crippen LogP contribution in [0.2, 0.25) is 0 Å². The summed E-state index contributed by atoms with van der Waals surface area (Å²) in [5.74, 6) is 0.00347. The van der Waals surface area contributed by atoms with Crippen LogP contribution in [-0.4, -0.2) is 57.3 Å². The highest BCUT2D eigenvalue weighted by atomic mass is 16.3. The van der Waals surface area contributed by atoms with Gasteiger partial charge < -0.3 is 15.3 Å². The zero-order valence-electron chi connectivity index (χ0n) is 16.5. The fourth-order valence-electron chi connectivity index (χ4n) is 3.22. The number of H-pyrrole nitrogens is 1. The van der Waals surface area contributed by atoms with Crippen molar-refractivity contribution in [2.24, 2.45) is 5.41 Å². The Labute approximate surface area is 155 Å². The summed E-state index contributed by atoms with van der Waals surface area (Å²) in [7, 11) is 0. The summed E-state index contributed by atoms with van der Waals surface area (Å²) in [6, 6.07) is 1.69. The standard InChI is InChI=1S/C19H32N4O3/c1-12(2)15-9-16(22-21-15)18(26)20-13-6-7-23(11-13)17(25)8-14(24)10-19(3,4)5/h9,12-14,24H,6-8,10-11H2,1-5H3,(H,20,26)(H,21,22). The molecule has 2 heterocycles. The third-order valence-corrected chi connectivity index (χ3v) is 4.59. The van der Waals surface area contributed by atoms with Crippen LogP contribution < -0.4 is 5.32 Å². The molecule has 0 spiro atoms. The summed E-state index contributed by atoms with van der Waals surface area (Å²) >= 11 is 0. The number of hydrogen-bond acceptors (Lipinski definition) is 4. The molecular weight excluding hydrogens is 332 g/mol. The van der Waals surface area contributed by atoms with Crippen molar-refractivity contribution in [3.63, 3.8) is 0 Å². The van der Waals surface area contributed by atoms with Gasteiger partial charge in [0.2, 0.25) is 5.91 Å². The van der Waals surface area contributed by atoms with Gasteiger partial charge in [0.05, 0.1) is 12.5 Å². The molecule has 7 nitrogen and oxygen atoms in total. The normalized spacial score (nSPS) is 19.0. The lowest BCUT2D eigenvalue weighted by Gasteiger charge is -2.24. The molecule has 2 atom stereocenters. The fraction of sp³-hybridized carbons (Fsp3) is 0.737. The Bertz CT molecular complexity index is 633. The van der Waals surface area contributed by atoms with Gasteiger partial charge in [0, 0.05) is 24.8 Å². The summed E-state index contributed by atoms with van der Waals surface area (Å²) in [5, 5.41) is 20.0. The molecule has 1 aromatic rings. The van der Waals surface area contributed by atoms with Crippen molar-refractivity contribution >= 4 is 11.8 Å². The molecule has 3 N–H and O–H groups in total. The van der Waals surface area contributed by atoms with Gasteiger partial charge in [-0.05, 0) is 30.2 Å². The molecule has 2 unspecified atom stereocenters. The third kappa shape index (κ3) is 5.83. The van der Waals surface area contributed by atoms with Gasteiger partial charge in [-0.25, -0.2) is 0 Å². The topological polar surface area (TPSA) is 98.3 Å². The van der Waals surface area contributed by atoms with Gasteiger partial charge >= 0.3 is 0 Å². The van der Waals surface area contributed by atoms with E-state index >= 15 is 0 Å². The minimum atomic E-state index is -0.630. The molecule has 146 valence electrons. The van der Waals surface area contributed by atoms with Crippen molar-refractivity contribution in [2.75, 3.05) is 13.1 Å². The lowest BCUT2D eigenvalue weighted by atomic mass is 9.88. The number of aromatic nitrogens is 2. The number of carbonyl (C=O) groups is 2. The molecular formula is C19H32N4O3. The van der Waals surface area contributed by atoms with Crippen LogP contribution in [0.15, 0.2) is 6.07 Å². The van der Waals surface area contributed by atoms with Gasteiger partial charge in [-0.15, -0.1) is 0 Å². The van der Waals surface area contributed by atoms with Crippen LogP contribution in [0.1, 0.15) is 76.0 Å². The molecule has 0 aliphatic carbocycles. The molecule has 1 aromatic heterocycles. The van der Waals surface area contributed by atoms with Crippen LogP contribution in [0.5, 0.6) is 0 Å². The molecule has 0 bridgehead atoms. The monoisotopic (exact) mass is 364 g/mol. The van der Waals surface area contributed by atoms with E-state index in [0.717, 1.165) is 5.69 Å². The molecule has 26 heavy (non-hydrogen) atoms. The van der Waals surface area contributed by atoms with Crippen molar-refractivity contribution < 1.29 is 14.7 Å². The lowest BCUT2D eigenvalue weighted by Crippen LogP contribution is -2.39. The number of aromatic amines is 1. The maximum absolute atomic E-state index is 12.4. The van der Waals surface area contributed by atoms with Crippen LogP contribution in [-0.2, 0) is 4.79 Å². The number of rotatable bonds is 6. The maximum atomic E-state index is 12.4. The molecule has 0 radical (unpaired) electrons. The summed E-state index contributed by atoms with van der Waals surface area (Å²) < 4.78 is 0. The van der Waals surface area contributed by atoms with E-state index in [4.69, 9.17) is 0 Å². The van der Waals surface area contributed by atoms with Gasteiger partial charge in [0.1, 0.15) is 5.69 Å². The third-order valence-electron chi connectivity index (χ3n) is 4.59. The van der Waals surface area contributed by atoms with Crippen LogP contribution in [0.4, 0.5) is 0 Å². The summed E-state index contributed by atoms with van der Waals surface area (Å²) in [4.78, 5) is 26.4. The second-order valence-electron chi connectivity index (χ2n) is 8.78. The molecule has 1 fully saturated rings. The molecule has 2 amide bonds. The number of aliphatic hydroxyl groups is 1. The zero-order chi connectivity index (χ0) is 19.5. The molecule has 7 heteroatoms. The lowest BCUT2D eigenvalue weighted by molar-refractivity contribution is -0.132. The molecule has 1 aliphatic heterocycles. The molecule has 0 saturated carbocycles. The van der Waals surface area contributed by atoms with Gasteiger partial charge in [-0.1, -0.05) is 34.6 Å². The number of aliphatic hydroxyl groups excluding tert-OH is 1. The van der Waals surface area contributed by atoms with Crippen LogP contribution in [0, 0.1) is 5.41 Å². The maximum Gasteiger partial charge on any atom is 0.272 e. The summed E-state index contributed by atoms with van der Waals surface area (Å²) in [6.07, 6.45) is 0.808. The Morgan fingerprint density at radius 3 is 2.69 bits per heavy atom.